The van der Waals surface area contributed by atoms with Crippen LogP contribution in [0.4, 0.5) is 8.78 Å². The average molecular weight is 616 g/mol. The highest BCUT2D eigenvalue weighted by Gasteiger charge is 2.35. The van der Waals surface area contributed by atoms with Gasteiger partial charge < -0.3 is 5.11 Å². The molecule has 5 rings (SSSR count). The first-order valence-electron chi connectivity index (χ1n) is 14.4. The fraction of sp³-hybridized carbons (Fsp3) is 0.303. The Morgan fingerprint density at radius 3 is 2.29 bits per heavy atom. The van der Waals surface area contributed by atoms with E-state index >= 15 is 0 Å². The molecule has 0 amide bonds. The van der Waals surface area contributed by atoms with E-state index in [1.807, 2.05) is 24.3 Å². The molecule has 10 nitrogen and oxygen atoms in total. The Hall–Kier alpha value is -4.81. The van der Waals surface area contributed by atoms with Crippen molar-refractivity contribution in [2.75, 3.05) is 13.6 Å². The summed E-state index contributed by atoms with van der Waals surface area (Å²) in [6, 6.07) is 17.6. The summed E-state index contributed by atoms with van der Waals surface area (Å²) in [6.45, 7) is 6.38. The molecule has 5 aromatic rings. The maximum Gasteiger partial charge on any atom is 0.350 e. The number of hydrogen-bond acceptors (Lipinski definition) is 7. The van der Waals surface area contributed by atoms with Gasteiger partial charge in [0.05, 0.1) is 12.2 Å². The normalized spacial score (nSPS) is 13.2. The molecule has 1 unspecified atom stereocenters. The maximum atomic E-state index is 14.8. The van der Waals surface area contributed by atoms with Crippen molar-refractivity contribution in [2.24, 2.45) is 0 Å². The zero-order valence-corrected chi connectivity index (χ0v) is 25.6. The molecule has 0 aliphatic carbocycles. The molecule has 0 bridgehead atoms. The Balaban J connectivity index is 1.26. The van der Waals surface area contributed by atoms with E-state index in [0.717, 1.165) is 27.9 Å². The summed E-state index contributed by atoms with van der Waals surface area (Å²) in [5.74, 6) is -1.82. The van der Waals surface area contributed by atoms with Crippen molar-refractivity contribution < 1.29 is 18.7 Å². The standard InChI is InChI=1S/C33H35F2N7O3/c1-32(2,3)25-9-7-24(8-10-25)30(43)17-42-31(44)41(22-38-42)27-12-5-23(6-13-27)16-39(4)18-33(45,19-40-21-36-20-37-40)28-14-11-26(34)15-29(28)35/h5-15,20-22,45H,16-19H2,1-4H3. The summed E-state index contributed by atoms with van der Waals surface area (Å²) in [7, 11) is 1.77. The number of halogens is 2. The minimum Gasteiger partial charge on any atom is -0.382 e. The molecular weight excluding hydrogens is 580 g/mol. The summed E-state index contributed by atoms with van der Waals surface area (Å²) in [4.78, 5) is 31.6. The molecule has 2 heterocycles. The number of carbonyl (C=O) groups is 1. The number of aromatic nitrogens is 6. The average Bonchev–Trinajstić information content (AvgIpc) is 3.62. The highest BCUT2D eigenvalue weighted by atomic mass is 19.1. The highest BCUT2D eigenvalue weighted by molar-refractivity contribution is 5.95. The number of nitrogens with zero attached hydrogens (tertiary/aromatic N) is 7. The first-order valence-corrected chi connectivity index (χ1v) is 14.4. The number of hydrogen-bond donors (Lipinski definition) is 1. The third kappa shape index (κ3) is 7.30. The van der Waals surface area contributed by atoms with Crippen molar-refractivity contribution >= 4 is 5.78 Å². The Morgan fingerprint density at radius 2 is 1.67 bits per heavy atom. The van der Waals surface area contributed by atoms with E-state index in [0.29, 0.717) is 17.8 Å². The van der Waals surface area contributed by atoms with Crippen LogP contribution in [0.2, 0.25) is 0 Å². The lowest BCUT2D eigenvalue weighted by atomic mass is 9.86. The largest absolute Gasteiger partial charge is 0.382 e. The van der Waals surface area contributed by atoms with Gasteiger partial charge in [0.2, 0.25) is 0 Å². The number of rotatable bonds is 11. The van der Waals surface area contributed by atoms with Gasteiger partial charge in [-0.15, -0.1) is 0 Å². The fourth-order valence-electron chi connectivity index (χ4n) is 5.25. The molecule has 0 spiro atoms. The molecule has 1 N–H and O–H groups in total. The van der Waals surface area contributed by atoms with E-state index in [4.69, 9.17) is 0 Å². The molecule has 3 aromatic carbocycles. The summed E-state index contributed by atoms with van der Waals surface area (Å²) in [6.07, 6.45) is 4.10. The highest BCUT2D eigenvalue weighted by Crippen LogP contribution is 2.28. The Labute approximate surface area is 259 Å². The van der Waals surface area contributed by atoms with E-state index in [2.05, 4.69) is 36.0 Å². The maximum absolute atomic E-state index is 14.8. The predicted molar refractivity (Wildman–Crippen MR) is 164 cm³/mol. The zero-order chi connectivity index (χ0) is 32.4. The first-order chi connectivity index (χ1) is 21.3. The number of benzene rings is 3. The van der Waals surface area contributed by atoms with Gasteiger partial charge in [-0.25, -0.2) is 32.5 Å². The molecule has 0 fully saturated rings. The zero-order valence-electron chi connectivity index (χ0n) is 25.6. The van der Waals surface area contributed by atoms with Crippen molar-refractivity contribution in [3.05, 3.63) is 130 Å². The van der Waals surface area contributed by atoms with Crippen molar-refractivity contribution in [3.63, 3.8) is 0 Å². The smallest absolute Gasteiger partial charge is 0.350 e. The number of ketones is 1. The lowest BCUT2D eigenvalue weighted by molar-refractivity contribution is -0.0175. The molecule has 234 valence electrons. The summed E-state index contributed by atoms with van der Waals surface area (Å²) < 4.78 is 32.3. The van der Waals surface area contributed by atoms with Gasteiger partial charge in [0.1, 0.15) is 42.8 Å². The molecule has 1 atom stereocenters. The van der Waals surface area contributed by atoms with Gasteiger partial charge in [-0.1, -0.05) is 63.2 Å². The van der Waals surface area contributed by atoms with E-state index in [1.54, 1.807) is 36.2 Å². The fourth-order valence-corrected chi connectivity index (χ4v) is 5.25. The topological polar surface area (TPSA) is 111 Å². The van der Waals surface area contributed by atoms with Crippen molar-refractivity contribution in [3.8, 4) is 5.69 Å². The van der Waals surface area contributed by atoms with Gasteiger partial charge in [0.25, 0.3) is 0 Å². The van der Waals surface area contributed by atoms with Crippen molar-refractivity contribution in [1.29, 1.82) is 0 Å². The van der Waals surface area contributed by atoms with Crippen LogP contribution in [0.1, 0.15) is 47.8 Å². The predicted octanol–water partition coefficient (Wildman–Crippen LogP) is 4.10. The van der Waals surface area contributed by atoms with Crippen molar-refractivity contribution in [1.82, 2.24) is 34.0 Å². The molecular formula is C33H35F2N7O3. The third-order valence-electron chi connectivity index (χ3n) is 7.62. The third-order valence-corrected chi connectivity index (χ3v) is 7.62. The number of carbonyl (C=O) groups excluding carboxylic acids is 1. The van der Waals surface area contributed by atoms with E-state index in [1.165, 1.54) is 34.3 Å². The number of Topliss-reactive ketones (excluding diaryl/α,β-unsaturated/α-hetero) is 1. The molecule has 0 radical (unpaired) electrons. The second-order valence-electron chi connectivity index (χ2n) is 12.3. The minimum atomic E-state index is -1.74. The van der Waals surface area contributed by atoms with Crippen LogP contribution in [-0.2, 0) is 30.7 Å². The number of aliphatic hydroxyl groups is 1. The number of likely N-dealkylation sites (N-methyl/N-ethyl adjacent to an activating group) is 1. The van der Waals surface area contributed by atoms with Gasteiger partial charge >= 0.3 is 5.69 Å². The quantitative estimate of drug-likeness (QED) is 0.223. The lowest BCUT2D eigenvalue weighted by Crippen LogP contribution is -2.43. The van der Waals surface area contributed by atoms with Crippen LogP contribution >= 0.6 is 0 Å². The molecule has 45 heavy (non-hydrogen) atoms. The van der Waals surface area contributed by atoms with E-state index in [-0.39, 0.29) is 36.4 Å². The van der Waals surface area contributed by atoms with Gasteiger partial charge in [-0.2, -0.15) is 10.2 Å². The van der Waals surface area contributed by atoms with Crippen LogP contribution in [0.15, 0.2) is 90.5 Å². The monoisotopic (exact) mass is 615 g/mol. The molecule has 0 saturated heterocycles. The molecule has 2 aromatic heterocycles. The second-order valence-corrected chi connectivity index (χ2v) is 12.3. The van der Waals surface area contributed by atoms with Crippen LogP contribution in [0.3, 0.4) is 0 Å². The Morgan fingerprint density at radius 1 is 0.956 bits per heavy atom. The minimum absolute atomic E-state index is 0.00362. The molecule has 0 aliphatic heterocycles. The molecule has 12 heteroatoms. The Bertz CT molecular complexity index is 1830. The van der Waals surface area contributed by atoms with Crippen LogP contribution in [0, 0.1) is 11.6 Å². The summed E-state index contributed by atoms with van der Waals surface area (Å²) in [5.41, 5.74) is 0.765. The first kappa shape index (κ1) is 31.6. The van der Waals surface area contributed by atoms with Gasteiger partial charge in [-0.05, 0) is 41.8 Å². The van der Waals surface area contributed by atoms with E-state index in [9.17, 15) is 23.5 Å². The van der Waals surface area contributed by atoms with Crippen molar-refractivity contribution in [2.45, 2.75) is 51.4 Å². The van der Waals surface area contributed by atoms with Gasteiger partial charge in [0, 0.05) is 30.3 Å². The molecule has 0 aliphatic rings. The Kier molecular flexibility index (Phi) is 8.89. The summed E-state index contributed by atoms with van der Waals surface area (Å²) >= 11 is 0. The second kappa shape index (κ2) is 12.7. The van der Waals surface area contributed by atoms with Gasteiger partial charge in [0.15, 0.2) is 5.78 Å². The van der Waals surface area contributed by atoms with Gasteiger partial charge in [-0.3, -0.25) is 9.69 Å². The lowest BCUT2D eigenvalue weighted by Gasteiger charge is -2.33. The van der Waals surface area contributed by atoms with E-state index < -0.39 is 22.9 Å². The molecule has 0 saturated carbocycles. The van der Waals surface area contributed by atoms with Crippen LogP contribution in [0.5, 0.6) is 0 Å². The van der Waals surface area contributed by atoms with Crippen LogP contribution in [0.25, 0.3) is 5.69 Å². The SMILES string of the molecule is CN(Cc1ccc(-n2cnn(CC(=O)c3ccc(C(C)(C)C)cc3)c2=O)cc1)CC(O)(Cn1cncn1)c1ccc(F)cc1F. The summed E-state index contributed by atoms with van der Waals surface area (Å²) in [5, 5.41) is 19.8. The van der Waals surface area contributed by atoms with Crippen LogP contribution in [-0.4, -0.2) is 58.5 Å². The van der Waals surface area contributed by atoms with Crippen LogP contribution < -0.4 is 5.69 Å².